The Morgan fingerprint density at radius 2 is 0.712 bits per heavy atom. The van der Waals surface area contributed by atoms with E-state index in [2.05, 4.69) is 43.3 Å². The molecule has 0 saturated carbocycles. The Balaban J connectivity index is 1.04. The summed E-state index contributed by atoms with van der Waals surface area (Å²) in [5.74, 6) is -0.129. The van der Waals surface area contributed by atoms with Crippen LogP contribution in [0.5, 0.6) is 0 Å². The molecule has 12 heteroatoms. The second-order valence-electron chi connectivity index (χ2n) is 13.6. The van der Waals surface area contributed by atoms with Gasteiger partial charge in [0.1, 0.15) is 12.2 Å². The summed E-state index contributed by atoms with van der Waals surface area (Å²) in [7, 11) is 0. The molecule has 3 rings (SSSR count). The number of carbonyl (C=O) groups is 1. The van der Waals surface area contributed by atoms with Gasteiger partial charge in [-0.3, -0.25) is 4.79 Å². The molecule has 0 spiro atoms. The lowest BCUT2D eigenvalue weighted by Gasteiger charge is -2.36. The van der Waals surface area contributed by atoms with Crippen LogP contribution < -0.4 is 0 Å². The average Bonchev–Trinajstić information content (AvgIpc) is 3.28. The Morgan fingerprint density at radius 3 is 1.00 bits per heavy atom. The van der Waals surface area contributed by atoms with E-state index in [0.717, 1.165) is 42.4 Å². The van der Waals surface area contributed by atoms with Crippen LogP contribution >= 0.6 is 0 Å². The molecule has 3 aromatic carbocycles. The van der Waals surface area contributed by atoms with Gasteiger partial charge in [0.05, 0.1) is 131 Å². The van der Waals surface area contributed by atoms with E-state index in [0.29, 0.717) is 126 Å². The predicted molar refractivity (Wildman–Crippen MR) is 227 cm³/mol. The first kappa shape index (κ1) is 50.1. The highest BCUT2D eigenvalue weighted by atomic mass is 16.6. The average molecular weight is 827 g/mol. The molecular weight excluding hydrogens is 757 g/mol. The predicted octanol–water partition coefficient (Wildman–Crippen LogP) is 6.90. The summed E-state index contributed by atoms with van der Waals surface area (Å²) >= 11 is 0. The van der Waals surface area contributed by atoms with Crippen molar-refractivity contribution < 1.29 is 56.9 Å². The molecule has 0 saturated heterocycles. The van der Waals surface area contributed by atoms with E-state index >= 15 is 0 Å². The molecule has 0 radical (unpaired) electrons. The van der Waals surface area contributed by atoms with Gasteiger partial charge < -0.3 is 52.1 Å². The number of hydrogen-bond donors (Lipinski definition) is 0. The zero-order valence-electron chi connectivity index (χ0n) is 35.6. The van der Waals surface area contributed by atoms with Crippen molar-refractivity contribution in [1.29, 1.82) is 0 Å². The summed E-state index contributed by atoms with van der Waals surface area (Å²) in [5, 5.41) is 0. The molecule has 0 fully saturated rings. The van der Waals surface area contributed by atoms with Crippen LogP contribution in [0.25, 0.3) is 0 Å². The largest absolute Gasteiger partial charge is 0.463 e. The zero-order valence-corrected chi connectivity index (χ0v) is 35.6. The van der Waals surface area contributed by atoms with E-state index in [9.17, 15) is 4.79 Å². The van der Waals surface area contributed by atoms with E-state index < -0.39 is 5.60 Å². The molecular formula is C47H70O12. The van der Waals surface area contributed by atoms with Crippen molar-refractivity contribution in [3.8, 4) is 0 Å². The Hall–Kier alpha value is -3.27. The van der Waals surface area contributed by atoms with Crippen molar-refractivity contribution in [2.24, 2.45) is 5.92 Å². The maximum Gasteiger partial charge on any atom is 0.308 e. The minimum atomic E-state index is -0.756. The zero-order chi connectivity index (χ0) is 41.7. The molecule has 0 N–H and O–H groups in total. The fourth-order valence-electron chi connectivity index (χ4n) is 6.14. The molecule has 0 aliphatic carbocycles. The van der Waals surface area contributed by atoms with Crippen molar-refractivity contribution in [2.75, 3.05) is 132 Å². The van der Waals surface area contributed by atoms with Crippen molar-refractivity contribution in [3.05, 3.63) is 108 Å². The molecule has 0 heterocycles. The minimum absolute atomic E-state index is 0.00785. The number of hydrogen-bond acceptors (Lipinski definition) is 12. The van der Waals surface area contributed by atoms with Crippen LogP contribution in [0.1, 0.15) is 56.2 Å². The van der Waals surface area contributed by atoms with E-state index in [1.54, 1.807) is 0 Å². The van der Waals surface area contributed by atoms with Gasteiger partial charge in [0.2, 0.25) is 0 Å². The fourth-order valence-corrected chi connectivity index (χ4v) is 6.14. The minimum Gasteiger partial charge on any atom is -0.463 e. The second-order valence-corrected chi connectivity index (χ2v) is 13.6. The summed E-state index contributed by atoms with van der Waals surface area (Å²) in [6.45, 7) is 13.3. The number of carbonyl (C=O) groups excluding carboxylic acids is 1. The van der Waals surface area contributed by atoms with Gasteiger partial charge >= 0.3 is 5.97 Å². The molecule has 12 nitrogen and oxygen atoms in total. The number of esters is 1. The Labute approximate surface area is 353 Å². The van der Waals surface area contributed by atoms with Crippen LogP contribution in [0.3, 0.4) is 0 Å². The maximum absolute atomic E-state index is 12.1. The fraction of sp³-hybridized carbons (Fsp3) is 0.596. The monoisotopic (exact) mass is 826 g/mol. The summed E-state index contributed by atoms with van der Waals surface area (Å²) < 4.78 is 62.2. The Morgan fingerprint density at radius 1 is 0.424 bits per heavy atom. The number of benzene rings is 3. The van der Waals surface area contributed by atoms with Crippen molar-refractivity contribution in [1.82, 2.24) is 0 Å². The van der Waals surface area contributed by atoms with Gasteiger partial charge in [-0.1, -0.05) is 118 Å². The number of rotatable bonds is 39. The van der Waals surface area contributed by atoms with Gasteiger partial charge in [-0.15, -0.1) is 0 Å². The lowest BCUT2D eigenvalue weighted by atomic mass is 9.80. The van der Waals surface area contributed by atoms with Gasteiger partial charge in [-0.25, -0.2) is 0 Å². The van der Waals surface area contributed by atoms with Gasteiger partial charge in [0.15, 0.2) is 0 Å². The summed E-state index contributed by atoms with van der Waals surface area (Å²) in [6.07, 6.45) is 3.82. The molecule has 330 valence electrons. The molecule has 3 aromatic rings. The Bertz CT molecular complexity index is 1280. The maximum atomic E-state index is 12.1. The molecule has 0 aliphatic heterocycles. The third-order valence-electron chi connectivity index (χ3n) is 9.27. The summed E-state index contributed by atoms with van der Waals surface area (Å²) in [5.41, 5.74) is 2.44. The topological polar surface area (TPSA) is 119 Å². The summed E-state index contributed by atoms with van der Waals surface area (Å²) in [4.78, 5) is 12.1. The second kappa shape index (κ2) is 34.4. The first-order valence-corrected chi connectivity index (χ1v) is 21.4. The van der Waals surface area contributed by atoms with E-state index in [1.165, 1.54) is 0 Å². The van der Waals surface area contributed by atoms with Crippen molar-refractivity contribution >= 4 is 5.97 Å². The lowest BCUT2D eigenvalue weighted by Crippen LogP contribution is -2.34. The summed E-state index contributed by atoms with van der Waals surface area (Å²) in [6, 6.07) is 31.0. The molecule has 59 heavy (non-hydrogen) atoms. The smallest absolute Gasteiger partial charge is 0.308 e. The van der Waals surface area contributed by atoms with Crippen LogP contribution in [0.4, 0.5) is 0 Å². The highest BCUT2D eigenvalue weighted by Crippen LogP contribution is 2.40. The lowest BCUT2D eigenvalue weighted by molar-refractivity contribution is -0.150. The van der Waals surface area contributed by atoms with E-state index in [4.69, 9.17) is 52.1 Å². The number of unbranched alkanes of at least 4 members (excludes halogenated alkanes) is 1. The molecule has 0 amide bonds. The highest BCUT2D eigenvalue weighted by molar-refractivity contribution is 5.72. The molecule has 0 bridgehead atoms. The molecule has 0 aliphatic rings. The van der Waals surface area contributed by atoms with Crippen LogP contribution in [0.15, 0.2) is 91.0 Å². The SMILES string of the molecule is CCCCC(CC)C(=O)OCCOCCOCCOCCOCCOCCOCCOCCOCCOCCOC(c1ccccc1)(c1ccccc1)c1ccccc1. The van der Waals surface area contributed by atoms with Gasteiger partial charge in [-0.2, -0.15) is 0 Å². The van der Waals surface area contributed by atoms with Crippen LogP contribution in [-0.4, -0.2) is 138 Å². The van der Waals surface area contributed by atoms with Crippen molar-refractivity contribution in [2.45, 2.75) is 45.1 Å². The highest BCUT2D eigenvalue weighted by Gasteiger charge is 2.37. The standard InChI is InChI=1S/C47H70O12/c1-3-5-15-42(4-2)46(48)58-40-38-56-36-34-54-32-30-52-28-26-50-24-22-49-23-25-51-27-29-53-31-33-55-35-37-57-39-41-59-47(43-16-9-6-10-17-43,44-18-11-7-12-19-44)45-20-13-8-14-21-45/h6-14,16-21,42H,3-5,15,22-41H2,1-2H3. The number of ether oxygens (including phenoxy) is 11. The van der Waals surface area contributed by atoms with Gasteiger partial charge in [-0.05, 0) is 29.5 Å². The molecule has 1 unspecified atom stereocenters. The van der Waals surface area contributed by atoms with Gasteiger partial charge in [0, 0.05) is 0 Å². The molecule has 1 atom stereocenters. The van der Waals surface area contributed by atoms with Crippen LogP contribution in [-0.2, 0) is 62.5 Å². The normalized spacial score (nSPS) is 12.2. The quantitative estimate of drug-likeness (QED) is 0.0338. The van der Waals surface area contributed by atoms with Gasteiger partial charge in [0.25, 0.3) is 0 Å². The first-order chi connectivity index (χ1) is 29.2. The van der Waals surface area contributed by atoms with Crippen LogP contribution in [0.2, 0.25) is 0 Å². The Kier molecular flexibility index (Phi) is 29.2. The third-order valence-corrected chi connectivity index (χ3v) is 9.27. The van der Waals surface area contributed by atoms with E-state index in [-0.39, 0.29) is 18.5 Å². The van der Waals surface area contributed by atoms with E-state index in [1.807, 2.05) is 61.5 Å². The third kappa shape index (κ3) is 21.7. The first-order valence-electron chi connectivity index (χ1n) is 21.4. The van der Waals surface area contributed by atoms with Crippen molar-refractivity contribution in [3.63, 3.8) is 0 Å². The molecule has 0 aromatic heterocycles. The van der Waals surface area contributed by atoms with Crippen LogP contribution in [0, 0.1) is 5.92 Å².